The maximum Gasteiger partial charge on any atom is 0.286 e. The minimum Gasteiger partial charge on any atom is -0.493 e. The van der Waals surface area contributed by atoms with Crippen LogP contribution in [0, 0.1) is 0 Å². The summed E-state index contributed by atoms with van der Waals surface area (Å²) in [4.78, 5) is 27.5. The Morgan fingerprint density at radius 2 is 1.97 bits per heavy atom. The number of nitrogens with one attached hydrogen (secondary N) is 1. The highest BCUT2D eigenvalue weighted by Gasteiger charge is 2.23. The van der Waals surface area contributed by atoms with Crippen LogP contribution in [-0.2, 0) is 9.59 Å². The van der Waals surface area contributed by atoms with E-state index in [4.69, 9.17) is 9.47 Å². The van der Waals surface area contributed by atoms with Crippen LogP contribution >= 0.6 is 27.7 Å². The molecule has 1 aliphatic rings. The number of carbonyl (C=O) groups is 2. The van der Waals surface area contributed by atoms with Gasteiger partial charge in [-0.25, -0.2) is 0 Å². The third-order valence-corrected chi connectivity index (χ3v) is 5.69. The van der Waals surface area contributed by atoms with Crippen molar-refractivity contribution in [1.82, 2.24) is 5.32 Å². The predicted octanol–water partition coefficient (Wildman–Crippen LogP) is 5.30. The number of rotatable bonds is 10. The summed E-state index contributed by atoms with van der Waals surface area (Å²) in [5, 5.41) is 2.82. The molecule has 0 aliphatic carbocycles. The summed E-state index contributed by atoms with van der Waals surface area (Å²) in [6.07, 6.45) is 8.91. The lowest BCUT2D eigenvalue weighted by atomic mass is 10.1. The number of unbranched alkanes of at least 4 members (excludes halogenated alkanes) is 5. The van der Waals surface area contributed by atoms with Crippen LogP contribution in [0.1, 0.15) is 57.9 Å². The summed E-state index contributed by atoms with van der Waals surface area (Å²) in [6.45, 7) is 4.22. The van der Waals surface area contributed by atoms with Gasteiger partial charge in [-0.15, -0.1) is 0 Å². The Morgan fingerprint density at radius 3 is 2.66 bits per heavy atom. The number of hydrogen-bond acceptors (Lipinski definition) is 5. The van der Waals surface area contributed by atoms with Gasteiger partial charge in [-0.05, 0) is 57.9 Å². The molecule has 29 heavy (non-hydrogen) atoms. The third-order valence-electron chi connectivity index (χ3n) is 4.20. The van der Waals surface area contributed by atoms with E-state index in [2.05, 4.69) is 33.2 Å². The van der Waals surface area contributed by atoms with Gasteiger partial charge in [-0.2, -0.15) is 4.99 Å². The molecular formula is C21H27BrN2O4S. The van der Waals surface area contributed by atoms with E-state index in [0.29, 0.717) is 28.2 Å². The Morgan fingerprint density at radius 1 is 1.24 bits per heavy atom. The summed E-state index contributed by atoms with van der Waals surface area (Å²) in [5.74, 6) is 0.610. The maximum absolute atomic E-state index is 12.0. The highest BCUT2D eigenvalue weighted by Crippen LogP contribution is 2.38. The largest absolute Gasteiger partial charge is 0.493 e. The van der Waals surface area contributed by atoms with Crippen LogP contribution in [0.5, 0.6) is 11.5 Å². The monoisotopic (exact) mass is 482 g/mol. The molecule has 158 valence electrons. The molecule has 1 aromatic rings. The minimum atomic E-state index is -0.378. The number of thioether (sulfide) groups is 1. The van der Waals surface area contributed by atoms with Crippen molar-refractivity contribution >= 4 is 50.7 Å². The second kappa shape index (κ2) is 12.0. The van der Waals surface area contributed by atoms with Gasteiger partial charge in [-0.3, -0.25) is 9.59 Å². The van der Waals surface area contributed by atoms with E-state index in [1.54, 1.807) is 13.2 Å². The number of benzene rings is 1. The molecule has 2 amide bonds. The van der Waals surface area contributed by atoms with Crippen LogP contribution in [0.2, 0.25) is 0 Å². The Balaban J connectivity index is 2.01. The number of amides is 2. The quantitative estimate of drug-likeness (QED) is 0.361. The molecule has 1 aromatic carbocycles. The molecule has 0 radical (unpaired) electrons. The van der Waals surface area contributed by atoms with Crippen molar-refractivity contribution in [2.75, 3.05) is 13.7 Å². The molecule has 2 rings (SSSR count). The molecule has 8 heteroatoms. The fourth-order valence-electron chi connectivity index (χ4n) is 2.78. The van der Waals surface area contributed by atoms with Gasteiger partial charge in [-0.1, -0.05) is 39.0 Å². The molecule has 1 aliphatic heterocycles. The number of carbonyl (C=O) groups excluding carboxylic acids is 2. The van der Waals surface area contributed by atoms with E-state index in [-0.39, 0.29) is 11.8 Å². The SMILES string of the molecule is CCCCCCCCOc1c(Br)cc(/C=C2/SC(NC(C)=O)=NC2=O)cc1OC. The molecule has 0 spiro atoms. The summed E-state index contributed by atoms with van der Waals surface area (Å²) < 4.78 is 12.2. The van der Waals surface area contributed by atoms with Crippen molar-refractivity contribution in [3.05, 3.63) is 27.1 Å². The second-order valence-corrected chi connectivity index (χ2v) is 8.55. The fourth-order valence-corrected chi connectivity index (χ4v) is 4.22. The van der Waals surface area contributed by atoms with Crippen molar-refractivity contribution < 1.29 is 19.1 Å². The van der Waals surface area contributed by atoms with Crippen molar-refractivity contribution in [3.8, 4) is 11.5 Å². The number of ether oxygens (including phenoxy) is 2. The minimum absolute atomic E-state index is 0.262. The van der Waals surface area contributed by atoms with E-state index < -0.39 is 0 Å². The number of halogens is 1. The summed E-state index contributed by atoms with van der Waals surface area (Å²) in [6, 6.07) is 3.69. The number of methoxy groups -OCH3 is 1. The first-order valence-corrected chi connectivity index (χ1v) is 11.4. The van der Waals surface area contributed by atoms with Gasteiger partial charge in [0.25, 0.3) is 5.91 Å². The molecule has 0 aromatic heterocycles. The summed E-state index contributed by atoms with van der Waals surface area (Å²) in [5.41, 5.74) is 0.774. The van der Waals surface area contributed by atoms with Crippen LogP contribution in [0.25, 0.3) is 6.08 Å². The van der Waals surface area contributed by atoms with Crippen LogP contribution < -0.4 is 14.8 Å². The predicted molar refractivity (Wildman–Crippen MR) is 121 cm³/mol. The first kappa shape index (κ1) is 23.5. The van der Waals surface area contributed by atoms with Crippen LogP contribution in [-0.4, -0.2) is 30.7 Å². The molecular weight excluding hydrogens is 456 g/mol. The average molecular weight is 483 g/mol. The molecule has 0 saturated carbocycles. The van der Waals surface area contributed by atoms with Gasteiger partial charge in [0.05, 0.1) is 23.1 Å². The van der Waals surface area contributed by atoms with Gasteiger partial charge in [0.2, 0.25) is 5.91 Å². The van der Waals surface area contributed by atoms with Crippen molar-refractivity contribution in [2.24, 2.45) is 4.99 Å². The Labute approximate surface area is 184 Å². The highest BCUT2D eigenvalue weighted by atomic mass is 79.9. The molecule has 1 heterocycles. The second-order valence-electron chi connectivity index (χ2n) is 6.66. The first-order chi connectivity index (χ1) is 13.9. The van der Waals surface area contributed by atoms with E-state index in [0.717, 1.165) is 34.6 Å². The van der Waals surface area contributed by atoms with Gasteiger partial charge in [0.1, 0.15) is 0 Å². The van der Waals surface area contributed by atoms with Gasteiger partial charge in [0.15, 0.2) is 16.7 Å². The van der Waals surface area contributed by atoms with Crippen molar-refractivity contribution in [1.29, 1.82) is 0 Å². The van der Waals surface area contributed by atoms with Gasteiger partial charge in [0, 0.05) is 6.92 Å². The molecule has 0 saturated heterocycles. The standard InChI is InChI=1S/C21H27BrN2O4S/c1-4-5-6-7-8-9-10-28-19-16(22)11-15(12-17(19)27-3)13-18-20(26)24-21(29-18)23-14(2)25/h11-13H,4-10H2,1-3H3,(H,23,24,25,26)/b18-13+. The van der Waals surface area contributed by atoms with Crippen LogP contribution in [0.3, 0.4) is 0 Å². The Kier molecular flexibility index (Phi) is 9.73. The van der Waals surface area contributed by atoms with Gasteiger partial charge < -0.3 is 14.8 Å². The molecule has 0 fully saturated rings. The molecule has 6 nitrogen and oxygen atoms in total. The smallest absolute Gasteiger partial charge is 0.286 e. The average Bonchev–Trinajstić information content (AvgIpc) is 3.00. The fraction of sp³-hybridized carbons (Fsp3) is 0.476. The van der Waals surface area contributed by atoms with E-state index in [9.17, 15) is 9.59 Å². The zero-order chi connectivity index (χ0) is 21.2. The molecule has 0 unspecified atom stereocenters. The number of nitrogens with zero attached hydrogens (tertiary/aromatic N) is 1. The number of hydrogen-bond donors (Lipinski definition) is 1. The number of aliphatic imine (C=N–C) groups is 1. The molecule has 0 bridgehead atoms. The number of amidine groups is 1. The van der Waals surface area contributed by atoms with E-state index >= 15 is 0 Å². The van der Waals surface area contributed by atoms with E-state index in [1.165, 1.54) is 32.6 Å². The van der Waals surface area contributed by atoms with Crippen molar-refractivity contribution in [2.45, 2.75) is 52.4 Å². The van der Waals surface area contributed by atoms with E-state index in [1.807, 2.05) is 12.1 Å². The highest BCUT2D eigenvalue weighted by molar-refractivity contribution is 9.10. The molecule has 0 atom stereocenters. The zero-order valence-electron chi connectivity index (χ0n) is 17.0. The zero-order valence-corrected chi connectivity index (χ0v) is 19.5. The van der Waals surface area contributed by atoms with Crippen LogP contribution in [0.15, 0.2) is 26.5 Å². The lowest BCUT2D eigenvalue weighted by Gasteiger charge is -2.13. The molecule has 1 N–H and O–H groups in total. The van der Waals surface area contributed by atoms with Crippen LogP contribution in [0.4, 0.5) is 0 Å². The Bertz CT molecular complexity index is 808. The maximum atomic E-state index is 12.0. The normalized spacial score (nSPS) is 14.8. The van der Waals surface area contributed by atoms with Gasteiger partial charge >= 0.3 is 0 Å². The summed E-state index contributed by atoms with van der Waals surface area (Å²) >= 11 is 4.67. The summed E-state index contributed by atoms with van der Waals surface area (Å²) in [7, 11) is 1.59. The third kappa shape index (κ3) is 7.51. The Hall–Kier alpha value is -1.80. The topological polar surface area (TPSA) is 77.0 Å². The van der Waals surface area contributed by atoms with Crippen molar-refractivity contribution in [3.63, 3.8) is 0 Å². The lowest BCUT2D eigenvalue weighted by Crippen LogP contribution is -2.23. The lowest BCUT2D eigenvalue weighted by molar-refractivity contribution is -0.117. The first-order valence-electron chi connectivity index (χ1n) is 9.75.